The van der Waals surface area contributed by atoms with Gasteiger partial charge in [-0.1, -0.05) is 18.2 Å². The largest absolute Gasteiger partial charge is 0.360 e. The SMILES string of the molecule is CS(=O)(=O)c1ccc(C(=O)CN2CC=C(c3c[nH]c(-c4ccc(F)cc4)c3-c3ccncc3)CC2)cc1. The third-order valence-electron chi connectivity index (χ3n) is 6.59. The number of halogens is 1. The fraction of sp³-hybridized carbons (Fsp3) is 0.172. The Labute approximate surface area is 215 Å². The molecule has 5 rings (SSSR count). The number of carbonyl (C=O) groups excluding carboxylic acids is 1. The molecule has 0 bridgehead atoms. The number of hydrogen-bond acceptors (Lipinski definition) is 5. The van der Waals surface area contributed by atoms with Crippen LogP contribution < -0.4 is 0 Å². The maximum Gasteiger partial charge on any atom is 0.176 e. The van der Waals surface area contributed by atoms with Crippen molar-refractivity contribution in [1.82, 2.24) is 14.9 Å². The molecule has 1 aliphatic rings. The van der Waals surface area contributed by atoms with E-state index in [-0.39, 0.29) is 23.0 Å². The van der Waals surface area contributed by atoms with Gasteiger partial charge in [-0.15, -0.1) is 0 Å². The number of nitrogens with zero attached hydrogens (tertiary/aromatic N) is 2. The Hall–Kier alpha value is -3.88. The Morgan fingerprint density at radius 2 is 1.70 bits per heavy atom. The molecule has 8 heteroatoms. The van der Waals surface area contributed by atoms with Gasteiger partial charge in [0.05, 0.1) is 17.1 Å². The number of H-pyrrole nitrogens is 1. The van der Waals surface area contributed by atoms with Crippen LogP contribution in [0.1, 0.15) is 22.3 Å². The second-order valence-corrected chi connectivity index (χ2v) is 11.1. The summed E-state index contributed by atoms with van der Waals surface area (Å²) in [5, 5.41) is 0. The lowest BCUT2D eigenvalue weighted by molar-refractivity contribution is 0.0937. The van der Waals surface area contributed by atoms with Crippen LogP contribution in [0.25, 0.3) is 28.0 Å². The van der Waals surface area contributed by atoms with Crippen LogP contribution in [-0.4, -0.2) is 55.0 Å². The van der Waals surface area contributed by atoms with Gasteiger partial charge in [0.1, 0.15) is 5.82 Å². The summed E-state index contributed by atoms with van der Waals surface area (Å²) in [5.41, 5.74) is 6.61. The topological polar surface area (TPSA) is 83.1 Å². The van der Waals surface area contributed by atoms with E-state index < -0.39 is 9.84 Å². The van der Waals surface area contributed by atoms with Crippen molar-refractivity contribution in [3.8, 4) is 22.4 Å². The molecule has 1 N–H and O–H groups in total. The van der Waals surface area contributed by atoms with Gasteiger partial charge in [-0.3, -0.25) is 14.7 Å². The van der Waals surface area contributed by atoms with Crippen molar-refractivity contribution in [1.29, 1.82) is 0 Å². The minimum Gasteiger partial charge on any atom is -0.360 e. The van der Waals surface area contributed by atoms with Gasteiger partial charge in [0.25, 0.3) is 0 Å². The molecule has 4 aromatic rings. The first-order valence-electron chi connectivity index (χ1n) is 11.9. The number of ketones is 1. The number of nitrogens with one attached hydrogen (secondary N) is 1. The Balaban J connectivity index is 1.36. The number of sulfone groups is 1. The quantitative estimate of drug-likeness (QED) is 0.340. The van der Waals surface area contributed by atoms with E-state index in [9.17, 15) is 17.6 Å². The Bertz CT molecular complexity index is 1560. The summed E-state index contributed by atoms with van der Waals surface area (Å²) in [5.74, 6) is -0.327. The molecule has 0 saturated heterocycles. The van der Waals surface area contributed by atoms with E-state index >= 15 is 0 Å². The minimum absolute atomic E-state index is 0.0467. The van der Waals surface area contributed by atoms with Gasteiger partial charge in [0.15, 0.2) is 15.6 Å². The fourth-order valence-corrected chi connectivity index (χ4v) is 5.25. The Morgan fingerprint density at radius 3 is 2.32 bits per heavy atom. The molecule has 2 aromatic heterocycles. The summed E-state index contributed by atoms with van der Waals surface area (Å²) in [6.07, 6.45) is 9.56. The molecule has 2 aromatic carbocycles. The van der Waals surface area contributed by atoms with Crippen LogP contribution in [0.2, 0.25) is 0 Å². The molecule has 0 radical (unpaired) electrons. The van der Waals surface area contributed by atoms with E-state index in [1.807, 2.05) is 18.3 Å². The van der Waals surface area contributed by atoms with Gasteiger partial charge >= 0.3 is 0 Å². The molecule has 0 amide bonds. The molecule has 0 unspecified atom stereocenters. The summed E-state index contributed by atoms with van der Waals surface area (Å²) in [7, 11) is -3.30. The second-order valence-electron chi connectivity index (χ2n) is 9.13. The zero-order valence-corrected chi connectivity index (χ0v) is 21.1. The van der Waals surface area contributed by atoms with Crippen LogP contribution in [0.15, 0.2) is 90.2 Å². The lowest BCUT2D eigenvalue weighted by Gasteiger charge is -2.26. The van der Waals surface area contributed by atoms with Crippen LogP contribution in [0.3, 0.4) is 0 Å². The summed E-state index contributed by atoms with van der Waals surface area (Å²) >= 11 is 0. The normalized spacial score (nSPS) is 14.4. The molecular weight excluding hydrogens is 489 g/mol. The number of rotatable bonds is 7. The molecule has 0 saturated carbocycles. The molecule has 37 heavy (non-hydrogen) atoms. The number of benzene rings is 2. The number of Topliss-reactive ketones (excluding diaryl/α,β-unsaturated/α-hetero) is 1. The van der Waals surface area contributed by atoms with E-state index in [2.05, 4.69) is 20.9 Å². The van der Waals surface area contributed by atoms with E-state index in [0.29, 0.717) is 18.7 Å². The zero-order valence-electron chi connectivity index (χ0n) is 20.3. The minimum atomic E-state index is -3.30. The highest BCUT2D eigenvalue weighted by molar-refractivity contribution is 7.90. The van der Waals surface area contributed by atoms with Crippen molar-refractivity contribution >= 4 is 21.2 Å². The average molecular weight is 516 g/mol. The first kappa shape index (κ1) is 24.8. The van der Waals surface area contributed by atoms with E-state index in [4.69, 9.17) is 0 Å². The van der Waals surface area contributed by atoms with Crippen molar-refractivity contribution in [3.63, 3.8) is 0 Å². The molecule has 0 aliphatic carbocycles. The van der Waals surface area contributed by atoms with Crippen LogP contribution in [0.5, 0.6) is 0 Å². The Morgan fingerprint density at radius 1 is 1.00 bits per heavy atom. The molecule has 3 heterocycles. The maximum atomic E-state index is 13.5. The predicted octanol–water partition coefficient (Wildman–Crippen LogP) is 5.26. The molecular formula is C29H26FN3O3S. The lowest BCUT2D eigenvalue weighted by Crippen LogP contribution is -2.33. The van der Waals surface area contributed by atoms with Crippen LogP contribution in [-0.2, 0) is 9.84 Å². The van der Waals surface area contributed by atoms with E-state index in [0.717, 1.165) is 40.6 Å². The summed E-state index contributed by atoms with van der Waals surface area (Å²) in [6.45, 7) is 1.59. The highest BCUT2D eigenvalue weighted by atomic mass is 32.2. The lowest BCUT2D eigenvalue weighted by atomic mass is 9.92. The van der Waals surface area contributed by atoms with Gasteiger partial charge in [-0.05, 0) is 71.7 Å². The van der Waals surface area contributed by atoms with Crippen molar-refractivity contribution in [2.24, 2.45) is 0 Å². The van der Waals surface area contributed by atoms with Gasteiger partial charge < -0.3 is 4.98 Å². The highest BCUT2D eigenvalue weighted by Crippen LogP contribution is 2.39. The summed E-state index contributed by atoms with van der Waals surface area (Å²) in [4.78, 5) is 22.6. The smallest absolute Gasteiger partial charge is 0.176 e. The van der Waals surface area contributed by atoms with Gasteiger partial charge in [-0.25, -0.2) is 12.8 Å². The first-order chi connectivity index (χ1) is 17.8. The van der Waals surface area contributed by atoms with Gasteiger partial charge in [0, 0.05) is 54.6 Å². The van der Waals surface area contributed by atoms with Crippen molar-refractivity contribution in [2.75, 3.05) is 25.9 Å². The van der Waals surface area contributed by atoms with Crippen LogP contribution >= 0.6 is 0 Å². The standard InChI is InChI=1S/C29H26FN3O3S/c1-37(35,36)25-8-4-21(5-9-25)27(34)19-33-16-12-20(13-17-33)26-18-32-29(23-2-6-24(30)7-3-23)28(26)22-10-14-31-15-11-22/h2-12,14-15,18,32H,13,16-17,19H2,1H3. The van der Waals surface area contributed by atoms with E-state index in [1.54, 1.807) is 36.7 Å². The van der Waals surface area contributed by atoms with Gasteiger partial charge in [0.2, 0.25) is 0 Å². The highest BCUT2D eigenvalue weighted by Gasteiger charge is 2.22. The molecule has 188 valence electrons. The molecule has 1 aliphatic heterocycles. The van der Waals surface area contributed by atoms with Crippen LogP contribution in [0, 0.1) is 5.82 Å². The van der Waals surface area contributed by atoms with Crippen LogP contribution in [0.4, 0.5) is 4.39 Å². The molecule has 0 atom stereocenters. The number of carbonyl (C=O) groups is 1. The number of pyridine rings is 1. The third kappa shape index (κ3) is 5.45. The monoisotopic (exact) mass is 515 g/mol. The summed E-state index contributed by atoms with van der Waals surface area (Å²) < 4.78 is 36.9. The number of aromatic nitrogens is 2. The summed E-state index contributed by atoms with van der Waals surface area (Å²) in [6, 6.07) is 16.5. The maximum absolute atomic E-state index is 13.5. The first-order valence-corrected chi connectivity index (χ1v) is 13.8. The third-order valence-corrected chi connectivity index (χ3v) is 7.72. The van der Waals surface area contributed by atoms with Gasteiger partial charge in [-0.2, -0.15) is 0 Å². The molecule has 0 spiro atoms. The van der Waals surface area contributed by atoms with Crippen molar-refractivity contribution in [3.05, 3.63) is 102 Å². The Kier molecular flexibility index (Phi) is 6.86. The second kappa shape index (κ2) is 10.2. The average Bonchev–Trinajstić information content (AvgIpc) is 3.35. The number of aromatic amines is 1. The molecule has 6 nitrogen and oxygen atoms in total. The van der Waals surface area contributed by atoms with Crippen molar-refractivity contribution < 1.29 is 17.6 Å². The predicted molar refractivity (Wildman–Crippen MR) is 142 cm³/mol. The van der Waals surface area contributed by atoms with E-state index in [1.165, 1.54) is 29.8 Å². The molecule has 0 fully saturated rings. The zero-order chi connectivity index (χ0) is 26.0. The fourth-order valence-electron chi connectivity index (χ4n) is 4.62. The number of hydrogen-bond donors (Lipinski definition) is 1. The van der Waals surface area contributed by atoms with Crippen molar-refractivity contribution in [2.45, 2.75) is 11.3 Å².